The highest BCUT2D eigenvalue weighted by atomic mass is 32.1. The van der Waals surface area contributed by atoms with Gasteiger partial charge in [-0.1, -0.05) is 91.0 Å². The van der Waals surface area contributed by atoms with Gasteiger partial charge < -0.3 is 14.2 Å². The molecule has 0 saturated heterocycles. The van der Waals surface area contributed by atoms with E-state index >= 15 is 0 Å². The molecule has 4 bridgehead atoms. The zero-order valence-electron chi connectivity index (χ0n) is 23.6. The first kappa shape index (κ1) is 23.9. The van der Waals surface area contributed by atoms with Gasteiger partial charge in [0.15, 0.2) is 5.58 Å². The number of furan rings is 1. The van der Waals surface area contributed by atoms with Gasteiger partial charge in [0.05, 0.1) is 26.5 Å². The minimum absolute atomic E-state index is 0.879. The van der Waals surface area contributed by atoms with Gasteiger partial charge in [0.2, 0.25) is 0 Å². The maximum atomic E-state index is 6.75. The molecule has 3 nitrogen and oxygen atoms in total. The van der Waals surface area contributed by atoms with Gasteiger partial charge in [0.25, 0.3) is 0 Å². The summed E-state index contributed by atoms with van der Waals surface area (Å²) in [6.07, 6.45) is 0. The van der Waals surface area contributed by atoms with Crippen LogP contribution in [0.3, 0.4) is 0 Å². The predicted molar refractivity (Wildman–Crippen MR) is 187 cm³/mol. The highest BCUT2D eigenvalue weighted by Gasteiger charge is 2.28. The molecule has 4 heteroatoms. The van der Waals surface area contributed by atoms with Crippen LogP contribution >= 0.6 is 11.3 Å². The standard InChI is InChI=1S/C40H24N2OS/c1-2-12-27(13-3-1)41-29-23-33-30-14-6-7-19-37(30)43-38(33)36(24-29)42(28-21-20-25-10-4-5-11-26(25)22-28)35-18-9-16-32-31-15-8-17-34(41)39(31)44-40(32)35/h1-24H. The van der Waals surface area contributed by atoms with Crippen LogP contribution in [0.1, 0.15) is 0 Å². The Morgan fingerprint density at radius 3 is 1.91 bits per heavy atom. The van der Waals surface area contributed by atoms with E-state index < -0.39 is 0 Å². The summed E-state index contributed by atoms with van der Waals surface area (Å²) < 4.78 is 9.28. The van der Waals surface area contributed by atoms with Crippen molar-refractivity contribution in [3.8, 4) is 0 Å². The summed E-state index contributed by atoms with van der Waals surface area (Å²) in [5, 5.41) is 7.17. The van der Waals surface area contributed by atoms with E-state index in [9.17, 15) is 0 Å². The summed E-state index contributed by atoms with van der Waals surface area (Å²) in [6.45, 7) is 0. The van der Waals surface area contributed by atoms with E-state index in [2.05, 4.69) is 149 Å². The van der Waals surface area contributed by atoms with Gasteiger partial charge in [0.1, 0.15) is 5.58 Å². The second-order valence-electron chi connectivity index (χ2n) is 11.4. The van der Waals surface area contributed by atoms with Crippen LogP contribution in [0.4, 0.5) is 34.1 Å². The van der Waals surface area contributed by atoms with Crippen molar-refractivity contribution >= 4 is 98.3 Å². The van der Waals surface area contributed by atoms with Gasteiger partial charge in [-0.05, 0) is 65.4 Å². The summed E-state index contributed by atoms with van der Waals surface area (Å²) in [4.78, 5) is 4.82. The Balaban J connectivity index is 1.42. The quantitative estimate of drug-likeness (QED) is 0.203. The third-order valence-corrected chi connectivity index (χ3v) is 10.2. The molecule has 206 valence electrons. The number of nitrogens with zero attached hydrogens (tertiary/aromatic N) is 2. The number of hydrogen-bond acceptors (Lipinski definition) is 4. The fourth-order valence-electron chi connectivity index (χ4n) is 6.96. The molecule has 3 heterocycles. The van der Waals surface area contributed by atoms with Crippen LogP contribution in [-0.4, -0.2) is 0 Å². The first-order valence-corrected chi connectivity index (χ1v) is 15.7. The monoisotopic (exact) mass is 580 g/mol. The van der Waals surface area contributed by atoms with Gasteiger partial charge >= 0.3 is 0 Å². The minimum atomic E-state index is 0.879. The van der Waals surface area contributed by atoms with Crippen molar-refractivity contribution in [3.63, 3.8) is 0 Å². The maximum Gasteiger partial charge on any atom is 0.159 e. The van der Waals surface area contributed by atoms with Gasteiger partial charge in [-0.25, -0.2) is 0 Å². The number of anilines is 6. The molecule has 2 aromatic heterocycles. The third-order valence-electron chi connectivity index (χ3n) is 8.91. The number of hydrogen-bond donors (Lipinski definition) is 0. The molecule has 7 aromatic carbocycles. The second kappa shape index (κ2) is 8.96. The molecule has 0 unspecified atom stereocenters. The first-order valence-electron chi connectivity index (χ1n) is 14.9. The Hall–Kier alpha value is -5.58. The highest BCUT2D eigenvalue weighted by molar-refractivity contribution is 7.27. The fraction of sp³-hybridized carbons (Fsp3) is 0. The minimum Gasteiger partial charge on any atom is -0.454 e. The van der Waals surface area contributed by atoms with Crippen molar-refractivity contribution in [1.82, 2.24) is 0 Å². The molecule has 0 atom stereocenters. The largest absolute Gasteiger partial charge is 0.454 e. The molecule has 0 amide bonds. The van der Waals surface area contributed by atoms with E-state index in [1.165, 1.54) is 36.6 Å². The summed E-state index contributed by atoms with van der Waals surface area (Å²) in [6, 6.07) is 52.4. The van der Waals surface area contributed by atoms with E-state index in [1.807, 2.05) is 17.4 Å². The molecule has 10 rings (SSSR count). The van der Waals surface area contributed by atoms with E-state index in [0.29, 0.717) is 0 Å². The summed E-state index contributed by atoms with van der Waals surface area (Å²) in [5.41, 5.74) is 8.42. The number of rotatable bonds is 2. The molecule has 0 radical (unpaired) electrons. The molecule has 0 fully saturated rings. The zero-order valence-corrected chi connectivity index (χ0v) is 24.4. The lowest BCUT2D eigenvalue weighted by molar-refractivity contribution is 0.669. The molecule has 0 spiro atoms. The van der Waals surface area contributed by atoms with Gasteiger partial charge in [0, 0.05) is 38.6 Å². The van der Waals surface area contributed by atoms with E-state index in [4.69, 9.17) is 4.42 Å². The normalized spacial score (nSPS) is 12.9. The third kappa shape index (κ3) is 3.31. The number of thiophene rings is 1. The van der Waals surface area contributed by atoms with E-state index in [0.717, 1.165) is 50.4 Å². The van der Waals surface area contributed by atoms with Crippen molar-refractivity contribution in [2.24, 2.45) is 0 Å². The Bertz CT molecular complexity index is 2580. The summed E-state index contributed by atoms with van der Waals surface area (Å²) in [5.74, 6) is 0. The number of fused-ring (bicyclic) bond motifs is 8. The zero-order chi connectivity index (χ0) is 28.8. The van der Waals surface area contributed by atoms with E-state index in [-0.39, 0.29) is 0 Å². The average molecular weight is 581 g/mol. The SMILES string of the molecule is c1ccc(N2c3cc(c4oc5ccccc5c4c3)N(c3ccc4ccccc4c3)c3cccc4c3sc3c2cccc34)cc1. The van der Waals surface area contributed by atoms with Crippen molar-refractivity contribution < 1.29 is 4.42 Å². The van der Waals surface area contributed by atoms with Crippen LogP contribution in [-0.2, 0) is 0 Å². The van der Waals surface area contributed by atoms with Gasteiger partial charge in [-0.3, -0.25) is 0 Å². The lowest BCUT2D eigenvalue weighted by Gasteiger charge is -2.30. The van der Waals surface area contributed by atoms with Crippen molar-refractivity contribution in [3.05, 3.63) is 146 Å². The highest BCUT2D eigenvalue weighted by Crippen LogP contribution is 2.53. The Labute approximate surface area is 257 Å². The molecule has 0 aliphatic carbocycles. The molecule has 1 aliphatic rings. The Kier molecular flexibility index (Phi) is 4.87. The van der Waals surface area contributed by atoms with Crippen molar-refractivity contribution in [2.75, 3.05) is 9.80 Å². The Morgan fingerprint density at radius 1 is 0.409 bits per heavy atom. The van der Waals surface area contributed by atoms with Crippen LogP contribution in [0, 0.1) is 0 Å². The average Bonchev–Trinajstić information content (AvgIpc) is 3.65. The van der Waals surface area contributed by atoms with Gasteiger partial charge in [-0.15, -0.1) is 11.3 Å². The van der Waals surface area contributed by atoms with Crippen molar-refractivity contribution in [1.29, 1.82) is 0 Å². The Morgan fingerprint density at radius 2 is 1.09 bits per heavy atom. The molecule has 1 aliphatic heterocycles. The lowest BCUT2D eigenvalue weighted by atomic mass is 10.1. The lowest BCUT2D eigenvalue weighted by Crippen LogP contribution is -2.14. The van der Waals surface area contributed by atoms with E-state index in [1.54, 1.807) is 0 Å². The summed E-state index contributed by atoms with van der Waals surface area (Å²) in [7, 11) is 0. The molecule has 9 aromatic rings. The predicted octanol–water partition coefficient (Wildman–Crippen LogP) is 12.4. The van der Waals surface area contributed by atoms with Crippen LogP contribution < -0.4 is 9.80 Å². The summed E-state index contributed by atoms with van der Waals surface area (Å²) >= 11 is 1.87. The van der Waals surface area contributed by atoms with Gasteiger partial charge in [-0.2, -0.15) is 0 Å². The first-order chi connectivity index (χ1) is 21.8. The van der Waals surface area contributed by atoms with Crippen molar-refractivity contribution in [2.45, 2.75) is 0 Å². The van der Waals surface area contributed by atoms with Crippen LogP contribution in [0.15, 0.2) is 150 Å². The molecule has 44 heavy (non-hydrogen) atoms. The topological polar surface area (TPSA) is 19.6 Å². The number of benzene rings is 7. The van der Waals surface area contributed by atoms with Crippen LogP contribution in [0.5, 0.6) is 0 Å². The molecular weight excluding hydrogens is 557 g/mol. The van der Waals surface area contributed by atoms with Crippen LogP contribution in [0.2, 0.25) is 0 Å². The smallest absolute Gasteiger partial charge is 0.159 e. The van der Waals surface area contributed by atoms with Crippen LogP contribution in [0.25, 0.3) is 52.9 Å². The fourth-order valence-corrected chi connectivity index (χ4v) is 8.27. The molecular formula is C40H24N2OS. The second-order valence-corrected chi connectivity index (χ2v) is 12.4. The maximum absolute atomic E-state index is 6.75. The molecule has 0 N–H and O–H groups in total. The molecule has 0 saturated carbocycles. The number of para-hydroxylation sites is 2.